The molecule has 2 heteroatoms. The fourth-order valence-corrected chi connectivity index (χ4v) is 5.48. The molecular weight excluding hydrogens is 311 g/mol. The van der Waals surface area contributed by atoms with Crippen LogP contribution in [0, 0.1) is 23.2 Å². The molecule has 5 atom stereocenters. The molecule has 2 saturated carbocycles. The minimum absolute atomic E-state index is 0.00412. The predicted octanol–water partition coefficient (Wildman–Crippen LogP) is 4.02. The lowest BCUT2D eigenvalue weighted by Crippen LogP contribution is -2.41. The zero-order valence-electron chi connectivity index (χ0n) is 10.6. The van der Waals surface area contributed by atoms with Crippen molar-refractivity contribution in [3.63, 3.8) is 0 Å². The standard InChI is InChI=1S/C14H25IO/c1-10(7-9-15)11-5-6-12-13(16)4-3-8-14(11,12)2/h10-13,16H,3-9H2,1-2H3. The van der Waals surface area contributed by atoms with Crippen LogP contribution in [0.4, 0.5) is 0 Å². The summed E-state index contributed by atoms with van der Waals surface area (Å²) in [4.78, 5) is 0. The van der Waals surface area contributed by atoms with Gasteiger partial charge in [-0.25, -0.2) is 0 Å². The summed E-state index contributed by atoms with van der Waals surface area (Å²) in [5.74, 6) is 2.31. The summed E-state index contributed by atoms with van der Waals surface area (Å²) in [6.07, 6.45) is 7.61. The number of fused-ring (bicyclic) bond motifs is 1. The first-order valence-corrected chi connectivity index (χ1v) is 8.36. The molecule has 2 rings (SSSR count). The first-order chi connectivity index (χ1) is 7.59. The minimum atomic E-state index is -0.00412. The Morgan fingerprint density at radius 1 is 1.38 bits per heavy atom. The van der Waals surface area contributed by atoms with E-state index in [-0.39, 0.29) is 6.10 Å². The molecular formula is C14H25IO. The first kappa shape index (κ1) is 13.1. The fourth-order valence-electron chi connectivity index (χ4n) is 4.50. The van der Waals surface area contributed by atoms with Gasteiger partial charge in [0.2, 0.25) is 0 Å². The van der Waals surface area contributed by atoms with Crippen LogP contribution >= 0.6 is 22.6 Å². The SMILES string of the molecule is CC(CCI)C1CCC2C(O)CCCC12C. The lowest BCUT2D eigenvalue weighted by molar-refractivity contribution is -0.0270. The van der Waals surface area contributed by atoms with Crippen molar-refractivity contribution in [3.8, 4) is 0 Å². The number of hydrogen-bond acceptors (Lipinski definition) is 1. The Balaban J connectivity index is 2.11. The minimum Gasteiger partial charge on any atom is -0.393 e. The van der Waals surface area contributed by atoms with Gasteiger partial charge in [-0.2, -0.15) is 0 Å². The Bertz CT molecular complexity index is 243. The molecule has 0 saturated heterocycles. The molecule has 0 aromatic carbocycles. The van der Waals surface area contributed by atoms with Crippen molar-refractivity contribution in [2.24, 2.45) is 23.2 Å². The quantitative estimate of drug-likeness (QED) is 0.610. The number of halogens is 1. The van der Waals surface area contributed by atoms with E-state index in [0.717, 1.165) is 18.3 Å². The molecule has 2 fully saturated rings. The van der Waals surface area contributed by atoms with Gasteiger partial charge in [0.15, 0.2) is 0 Å². The smallest absolute Gasteiger partial charge is 0.0573 e. The molecule has 5 unspecified atom stereocenters. The van der Waals surface area contributed by atoms with Crippen LogP contribution in [0.2, 0.25) is 0 Å². The second-order valence-corrected chi connectivity index (χ2v) is 7.29. The van der Waals surface area contributed by atoms with Crippen LogP contribution in [0.5, 0.6) is 0 Å². The summed E-state index contributed by atoms with van der Waals surface area (Å²) in [5.41, 5.74) is 0.447. The fraction of sp³-hybridized carbons (Fsp3) is 1.00. The second-order valence-electron chi connectivity index (χ2n) is 6.21. The molecule has 2 aliphatic rings. The molecule has 0 heterocycles. The molecule has 0 spiro atoms. The van der Waals surface area contributed by atoms with Gasteiger partial charge in [0.1, 0.15) is 0 Å². The normalized spacial score (nSPS) is 45.4. The van der Waals surface area contributed by atoms with Crippen molar-refractivity contribution < 1.29 is 5.11 Å². The van der Waals surface area contributed by atoms with Crippen LogP contribution in [-0.4, -0.2) is 15.6 Å². The highest BCUT2D eigenvalue weighted by molar-refractivity contribution is 14.1. The van der Waals surface area contributed by atoms with Gasteiger partial charge in [-0.1, -0.05) is 42.9 Å². The van der Waals surface area contributed by atoms with Crippen LogP contribution in [0.25, 0.3) is 0 Å². The Hall–Kier alpha value is 0.690. The molecule has 0 bridgehead atoms. The molecule has 0 aromatic rings. The van der Waals surface area contributed by atoms with E-state index >= 15 is 0 Å². The largest absolute Gasteiger partial charge is 0.393 e. The van der Waals surface area contributed by atoms with E-state index in [9.17, 15) is 5.11 Å². The van der Waals surface area contributed by atoms with E-state index in [2.05, 4.69) is 36.4 Å². The van der Waals surface area contributed by atoms with Gasteiger partial charge in [0.25, 0.3) is 0 Å². The highest BCUT2D eigenvalue weighted by atomic mass is 127. The molecule has 1 N–H and O–H groups in total. The molecule has 1 nitrogen and oxygen atoms in total. The monoisotopic (exact) mass is 336 g/mol. The van der Waals surface area contributed by atoms with Gasteiger partial charge in [-0.3, -0.25) is 0 Å². The maximum absolute atomic E-state index is 10.2. The zero-order valence-corrected chi connectivity index (χ0v) is 12.7. The lowest BCUT2D eigenvalue weighted by Gasteiger charge is -2.45. The van der Waals surface area contributed by atoms with Crippen LogP contribution in [0.3, 0.4) is 0 Å². The molecule has 94 valence electrons. The van der Waals surface area contributed by atoms with Gasteiger partial charge in [0, 0.05) is 0 Å². The van der Waals surface area contributed by atoms with E-state index in [1.807, 2.05) is 0 Å². The number of aliphatic hydroxyl groups excluding tert-OH is 1. The van der Waals surface area contributed by atoms with Crippen molar-refractivity contribution in [1.82, 2.24) is 0 Å². The molecule has 0 aromatic heterocycles. The van der Waals surface area contributed by atoms with Crippen LogP contribution < -0.4 is 0 Å². The maximum Gasteiger partial charge on any atom is 0.0573 e. The van der Waals surface area contributed by atoms with Gasteiger partial charge in [-0.15, -0.1) is 0 Å². The third-order valence-electron chi connectivity index (χ3n) is 5.41. The highest BCUT2D eigenvalue weighted by Crippen LogP contribution is 2.58. The Morgan fingerprint density at radius 3 is 2.81 bits per heavy atom. The summed E-state index contributed by atoms with van der Waals surface area (Å²) in [5, 5.41) is 10.2. The van der Waals surface area contributed by atoms with Crippen LogP contribution in [0.15, 0.2) is 0 Å². The maximum atomic E-state index is 10.2. The van der Waals surface area contributed by atoms with Crippen LogP contribution in [0.1, 0.15) is 52.4 Å². The van der Waals surface area contributed by atoms with E-state index in [0.29, 0.717) is 11.3 Å². The van der Waals surface area contributed by atoms with Crippen molar-refractivity contribution in [1.29, 1.82) is 0 Å². The third-order valence-corrected chi connectivity index (χ3v) is 6.04. The highest BCUT2D eigenvalue weighted by Gasteiger charge is 2.51. The number of rotatable bonds is 3. The summed E-state index contributed by atoms with van der Waals surface area (Å²) >= 11 is 2.50. The molecule has 16 heavy (non-hydrogen) atoms. The van der Waals surface area contributed by atoms with E-state index in [4.69, 9.17) is 0 Å². The lowest BCUT2D eigenvalue weighted by atomic mass is 9.61. The average Bonchev–Trinajstić information content (AvgIpc) is 2.57. The number of alkyl halides is 1. The summed E-state index contributed by atoms with van der Waals surface area (Å²) < 4.78 is 1.28. The van der Waals surface area contributed by atoms with Gasteiger partial charge >= 0.3 is 0 Å². The van der Waals surface area contributed by atoms with Crippen molar-refractivity contribution in [2.45, 2.75) is 58.5 Å². The molecule has 0 amide bonds. The third kappa shape index (κ3) is 2.16. The second kappa shape index (κ2) is 5.13. The van der Waals surface area contributed by atoms with E-state index in [1.165, 1.54) is 36.5 Å². The van der Waals surface area contributed by atoms with Gasteiger partial charge < -0.3 is 5.11 Å². The van der Waals surface area contributed by atoms with Gasteiger partial charge in [-0.05, 0) is 59.7 Å². The zero-order chi connectivity index (χ0) is 11.8. The van der Waals surface area contributed by atoms with Crippen molar-refractivity contribution in [3.05, 3.63) is 0 Å². The number of hydrogen-bond donors (Lipinski definition) is 1. The topological polar surface area (TPSA) is 20.2 Å². The van der Waals surface area contributed by atoms with E-state index in [1.54, 1.807) is 0 Å². The van der Waals surface area contributed by atoms with Crippen molar-refractivity contribution >= 4 is 22.6 Å². The van der Waals surface area contributed by atoms with E-state index < -0.39 is 0 Å². The number of aliphatic hydroxyl groups is 1. The molecule has 0 radical (unpaired) electrons. The Labute approximate surface area is 114 Å². The summed E-state index contributed by atoms with van der Waals surface area (Å²) in [7, 11) is 0. The molecule has 2 aliphatic carbocycles. The summed E-state index contributed by atoms with van der Waals surface area (Å²) in [6, 6.07) is 0. The van der Waals surface area contributed by atoms with Gasteiger partial charge in [0.05, 0.1) is 6.10 Å². The Kier molecular flexibility index (Phi) is 4.21. The predicted molar refractivity (Wildman–Crippen MR) is 76.8 cm³/mol. The van der Waals surface area contributed by atoms with Crippen LogP contribution in [-0.2, 0) is 0 Å². The summed E-state index contributed by atoms with van der Waals surface area (Å²) in [6.45, 7) is 4.89. The van der Waals surface area contributed by atoms with Crippen molar-refractivity contribution in [2.75, 3.05) is 4.43 Å². The average molecular weight is 336 g/mol. The first-order valence-electron chi connectivity index (χ1n) is 6.83. The molecule has 0 aliphatic heterocycles. The Morgan fingerprint density at radius 2 is 2.12 bits per heavy atom.